The SMILES string of the molecule is CC1(C(O)c2cccc(F)c2F)CCCCO1. The second-order valence-electron chi connectivity index (χ2n) is 4.66. The van der Waals surface area contributed by atoms with Crippen molar-refractivity contribution < 1.29 is 18.6 Å². The van der Waals surface area contributed by atoms with Gasteiger partial charge in [-0.1, -0.05) is 12.1 Å². The molecule has 1 aromatic carbocycles. The topological polar surface area (TPSA) is 29.5 Å². The van der Waals surface area contributed by atoms with E-state index in [4.69, 9.17) is 4.74 Å². The Labute approximate surface area is 99.2 Å². The van der Waals surface area contributed by atoms with Crippen LogP contribution in [0.4, 0.5) is 8.78 Å². The lowest BCUT2D eigenvalue weighted by Gasteiger charge is -2.38. The van der Waals surface area contributed by atoms with E-state index in [1.165, 1.54) is 12.1 Å². The number of hydrogen-bond donors (Lipinski definition) is 1. The summed E-state index contributed by atoms with van der Waals surface area (Å²) in [5.74, 6) is -1.93. The molecule has 4 heteroatoms. The van der Waals surface area contributed by atoms with Gasteiger partial charge in [0.25, 0.3) is 0 Å². The van der Waals surface area contributed by atoms with Gasteiger partial charge in [-0.15, -0.1) is 0 Å². The van der Waals surface area contributed by atoms with E-state index in [9.17, 15) is 13.9 Å². The standard InChI is InChI=1S/C13H16F2O2/c1-13(7-2-3-8-17-13)12(16)9-5-4-6-10(14)11(9)15/h4-6,12,16H,2-3,7-8H2,1H3. The largest absolute Gasteiger partial charge is 0.385 e. The first kappa shape index (κ1) is 12.5. The molecule has 17 heavy (non-hydrogen) atoms. The molecule has 1 N–H and O–H groups in total. The van der Waals surface area contributed by atoms with Gasteiger partial charge in [0.05, 0.1) is 5.60 Å². The summed E-state index contributed by atoms with van der Waals surface area (Å²) in [5.41, 5.74) is -0.859. The molecule has 0 radical (unpaired) electrons. The zero-order valence-electron chi connectivity index (χ0n) is 9.75. The van der Waals surface area contributed by atoms with Crippen molar-refractivity contribution in [2.75, 3.05) is 6.61 Å². The Morgan fingerprint density at radius 1 is 1.35 bits per heavy atom. The van der Waals surface area contributed by atoms with Crippen LogP contribution in [0.1, 0.15) is 37.9 Å². The Morgan fingerprint density at radius 2 is 2.12 bits per heavy atom. The van der Waals surface area contributed by atoms with Crippen molar-refractivity contribution in [2.24, 2.45) is 0 Å². The summed E-state index contributed by atoms with van der Waals surface area (Å²) in [7, 11) is 0. The van der Waals surface area contributed by atoms with E-state index in [-0.39, 0.29) is 5.56 Å². The molecule has 1 aliphatic rings. The third kappa shape index (κ3) is 2.33. The van der Waals surface area contributed by atoms with Gasteiger partial charge >= 0.3 is 0 Å². The van der Waals surface area contributed by atoms with E-state index >= 15 is 0 Å². The summed E-state index contributed by atoms with van der Waals surface area (Å²) in [6.07, 6.45) is 1.36. The first-order valence-electron chi connectivity index (χ1n) is 5.80. The highest BCUT2D eigenvalue weighted by atomic mass is 19.2. The van der Waals surface area contributed by atoms with Crippen molar-refractivity contribution in [1.82, 2.24) is 0 Å². The molecule has 1 fully saturated rings. The molecule has 0 aromatic heterocycles. The second kappa shape index (κ2) is 4.70. The summed E-state index contributed by atoms with van der Waals surface area (Å²) >= 11 is 0. The minimum absolute atomic E-state index is 0.0330. The molecule has 94 valence electrons. The summed E-state index contributed by atoms with van der Waals surface area (Å²) in [6.45, 7) is 2.28. The molecule has 2 unspecified atom stereocenters. The lowest BCUT2D eigenvalue weighted by Crippen LogP contribution is -2.39. The van der Waals surface area contributed by atoms with E-state index in [1.807, 2.05) is 0 Å². The summed E-state index contributed by atoms with van der Waals surface area (Å²) in [4.78, 5) is 0. The molecular weight excluding hydrogens is 226 g/mol. The molecule has 2 nitrogen and oxygen atoms in total. The molecular formula is C13H16F2O2. The molecule has 2 atom stereocenters. The van der Waals surface area contributed by atoms with E-state index in [1.54, 1.807) is 6.92 Å². The zero-order valence-corrected chi connectivity index (χ0v) is 9.75. The number of benzene rings is 1. The minimum Gasteiger partial charge on any atom is -0.385 e. The molecule has 0 amide bonds. The maximum absolute atomic E-state index is 13.6. The fourth-order valence-corrected chi connectivity index (χ4v) is 2.23. The van der Waals surface area contributed by atoms with Crippen molar-refractivity contribution in [3.63, 3.8) is 0 Å². The van der Waals surface area contributed by atoms with Crippen molar-refractivity contribution in [3.8, 4) is 0 Å². The quantitative estimate of drug-likeness (QED) is 0.864. The summed E-state index contributed by atoms with van der Waals surface area (Å²) in [5, 5.41) is 10.2. The molecule has 1 aliphatic heterocycles. The molecule has 0 bridgehead atoms. The van der Waals surface area contributed by atoms with E-state index < -0.39 is 23.3 Å². The molecule has 1 heterocycles. The third-order valence-electron chi connectivity index (χ3n) is 3.35. The van der Waals surface area contributed by atoms with Gasteiger partial charge in [-0.2, -0.15) is 0 Å². The molecule has 0 saturated carbocycles. The average molecular weight is 242 g/mol. The van der Waals surface area contributed by atoms with Crippen molar-refractivity contribution in [3.05, 3.63) is 35.4 Å². The summed E-state index contributed by atoms with van der Waals surface area (Å²) in [6, 6.07) is 3.82. The fraction of sp³-hybridized carbons (Fsp3) is 0.538. The maximum Gasteiger partial charge on any atom is 0.164 e. The van der Waals surface area contributed by atoms with Gasteiger partial charge in [0.2, 0.25) is 0 Å². The van der Waals surface area contributed by atoms with Gasteiger partial charge < -0.3 is 9.84 Å². The van der Waals surface area contributed by atoms with E-state index in [0.29, 0.717) is 13.0 Å². The van der Waals surface area contributed by atoms with Crippen LogP contribution in [0, 0.1) is 11.6 Å². The molecule has 0 aliphatic carbocycles. The molecule has 2 rings (SSSR count). The zero-order chi connectivity index (χ0) is 12.5. The highest BCUT2D eigenvalue weighted by molar-refractivity contribution is 5.23. The van der Waals surface area contributed by atoms with Crippen molar-refractivity contribution >= 4 is 0 Å². The van der Waals surface area contributed by atoms with Gasteiger partial charge in [0.1, 0.15) is 6.10 Å². The van der Waals surface area contributed by atoms with Crippen LogP contribution in [-0.2, 0) is 4.74 Å². The Hall–Kier alpha value is -1.00. The fourth-order valence-electron chi connectivity index (χ4n) is 2.23. The Morgan fingerprint density at radius 3 is 2.76 bits per heavy atom. The third-order valence-corrected chi connectivity index (χ3v) is 3.35. The maximum atomic E-state index is 13.6. The number of hydrogen-bond acceptors (Lipinski definition) is 2. The van der Waals surface area contributed by atoms with E-state index in [0.717, 1.165) is 18.9 Å². The Bertz CT molecular complexity index is 400. The molecule has 1 aromatic rings. The van der Waals surface area contributed by atoms with Crippen molar-refractivity contribution in [2.45, 2.75) is 37.9 Å². The number of ether oxygens (including phenoxy) is 1. The second-order valence-corrected chi connectivity index (χ2v) is 4.66. The normalized spacial score (nSPS) is 26.8. The van der Waals surface area contributed by atoms with Crippen LogP contribution in [0.3, 0.4) is 0 Å². The monoisotopic (exact) mass is 242 g/mol. The first-order chi connectivity index (χ1) is 8.04. The van der Waals surface area contributed by atoms with Gasteiger partial charge in [-0.05, 0) is 32.3 Å². The lowest BCUT2D eigenvalue weighted by atomic mass is 9.86. The Kier molecular flexibility index (Phi) is 3.45. The highest BCUT2D eigenvalue weighted by Crippen LogP contribution is 2.37. The van der Waals surface area contributed by atoms with Gasteiger partial charge in [0, 0.05) is 12.2 Å². The van der Waals surface area contributed by atoms with Gasteiger partial charge in [-0.25, -0.2) is 8.78 Å². The van der Waals surface area contributed by atoms with Crippen LogP contribution in [0.5, 0.6) is 0 Å². The van der Waals surface area contributed by atoms with Crippen LogP contribution < -0.4 is 0 Å². The first-order valence-corrected chi connectivity index (χ1v) is 5.80. The van der Waals surface area contributed by atoms with Gasteiger partial charge in [0.15, 0.2) is 11.6 Å². The molecule has 1 saturated heterocycles. The number of aliphatic hydroxyl groups is 1. The number of aliphatic hydroxyl groups excluding tert-OH is 1. The average Bonchev–Trinajstić information content (AvgIpc) is 2.33. The predicted octanol–water partition coefficient (Wildman–Crippen LogP) is 2.96. The van der Waals surface area contributed by atoms with Gasteiger partial charge in [-0.3, -0.25) is 0 Å². The van der Waals surface area contributed by atoms with E-state index in [2.05, 4.69) is 0 Å². The lowest BCUT2D eigenvalue weighted by molar-refractivity contribution is -0.139. The predicted molar refractivity (Wildman–Crippen MR) is 59.5 cm³/mol. The number of rotatable bonds is 2. The van der Waals surface area contributed by atoms with Crippen LogP contribution in [0.15, 0.2) is 18.2 Å². The number of halogens is 2. The van der Waals surface area contributed by atoms with Crippen LogP contribution in [0.25, 0.3) is 0 Å². The smallest absolute Gasteiger partial charge is 0.164 e. The van der Waals surface area contributed by atoms with Crippen LogP contribution >= 0.6 is 0 Å². The minimum atomic E-state index is -1.14. The molecule has 0 spiro atoms. The van der Waals surface area contributed by atoms with Crippen molar-refractivity contribution in [1.29, 1.82) is 0 Å². The summed E-state index contributed by atoms with van der Waals surface area (Å²) < 4.78 is 32.2. The Balaban J connectivity index is 2.29. The highest BCUT2D eigenvalue weighted by Gasteiger charge is 2.38. The van der Waals surface area contributed by atoms with Crippen LogP contribution in [0.2, 0.25) is 0 Å². The van der Waals surface area contributed by atoms with Crippen LogP contribution in [-0.4, -0.2) is 17.3 Å².